The summed E-state index contributed by atoms with van der Waals surface area (Å²) in [5, 5.41) is 3.04. The van der Waals surface area contributed by atoms with Gasteiger partial charge < -0.3 is 5.32 Å². The van der Waals surface area contributed by atoms with E-state index >= 15 is 0 Å². The number of carbonyl (C=O) groups is 3. The summed E-state index contributed by atoms with van der Waals surface area (Å²) in [6.07, 6.45) is 5.48. The van der Waals surface area contributed by atoms with Crippen LogP contribution in [-0.2, 0) is 17.6 Å². The van der Waals surface area contributed by atoms with Crippen LogP contribution in [0.3, 0.4) is 0 Å². The van der Waals surface area contributed by atoms with Crippen molar-refractivity contribution in [2.24, 2.45) is 0 Å². The van der Waals surface area contributed by atoms with Crippen LogP contribution in [0.15, 0.2) is 42.5 Å². The highest BCUT2D eigenvalue weighted by atomic mass is 16.2. The minimum absolute atomic E-state index is 0.0611. The zero-order chi connectivity index (χ0) is 20.4. The normalized spacial score (nSPS) is 16.4. The lowest BCUT2D eigenvalue weighted by molar-refractivity contribution is -0.121. The molecule has 150 valence electrons. The first-order chi connectivity index (χ1) is 14.0. The quantitative estimate of drug-likeness (QED) is 0.763. The van der Waals surface area contributed by atoms with Gasteiger partial charge in [-0.3, -0.25) is 19.3 Å². The van der Waals surface area contributed by atoms with Crippen LogP contribution in [0.2, 0.25) is 0 Å². The van der Waals surface area contributed by atoms with Crippen LogP contribution in [0, 0.1) is 0 Å². The molecule has 29 heavy (non-hydrogen) atoms. The lowest BCUT2D eigenvalue weighted by Gasteiger charge is -2.20. The second kappa shape index (κ2) is 8.19. The van der Waals surface area contributed by atoms with Gasteiger partial charge in [-0.25, -0.2) is 0 Å². The van der Waals surface area contributed by atoms with E-state index in [0.29, 0.717) is 17.5 Å². The Kier molecular flexibility index (Phi) is 5.47. The summed E-state index contributed by atoms with van der Waals surface area (Å²) in [5.74, 6) is -0.603. The van der Waals surface area contributed by atoms with Crippen LogP contribution in [-0.4, -0.2) is 29.2 Å². The van der Waals surface area contributed by atoms with Gasteiger partial charge in [0.25, 0.3) is 11.8 Å². The summed E-state index contributed by atoms with van der Waals surface area (Å²) in [6, 6.07) is 13.3. The summed E-state index contributed by atoms with van der Waals surface area (Å²) in [5.41, 5.74) is 4.85. The van der Waals surface area contributed by atoms with Crippen molar-refractivity contribution >= 4 is 17.7 Å². The van der Waals surface area contributed by atoms with Crippen LogP contribution in [0.4, 0.5) is 0 Å². The van der Waals surface area contributed by atoms with Gasteiger partial charge in [-0.05, 0) is 67.9 Å². The highest BCUT2D eigenvalue weighted by Crippen LogP contribution is 2.25. The van der Waals surface area contributed by atoms with E-state index in [1.165, 1.54) is 28.9 Å². The van der Waals surface area contributed by atoms with Crippen molar-refractivity contribution in [2.75, 3.05) is 6.54 Å². The zero-order valence-corrected chi connectivity index (χ0v) is 16.7. The summed E-state index contributed by atoms with van der Waals surface area (Å²) in [7, 11) is 0. The summed E-state index contributed by atoms with van der Waals surface area (Å²) in [4.78, 5) is 38.3. The maximum Gasteiger partial charge on any atom is 0.261 e. The van der Waals surface area contributed by atoms with Gasteiger partial charge >= 0.3 is 0 Å². The lowest BCUT2D eigenvalue weighted by Crippen LogP contribution is -2.32. The van der Waals surface area contributed by atoms with Crippen molar-refractivity contribution in [3.05, 3.63) is 70.3 Å². The van der Waals surface area contributed by atoms with Gasteiger partial charge in [-0.15, -0.1) is 0 Å². The number of rotatable bonds is 6. The molecule has 0 radical (unpaired) electrons. The van der Waals surface area contributed by atoms with E-state index in [1.54, 1.807) is 24.3 Å². The molecule has 4 rings (SSSR count). The first-order valence-corrected chi connectivity index (χ1v) is 10.4. The monoisotopic (exact) mass is 390 g/mol. The molecule has 5 nitrogen and oxygen atoms in total. The Labute approximate surface area is 171 Å². The Morgan fingerprint density at radius 2 is 1.66 bits per heavy atom. The molecule has 0 unspecified atom stereocenters. The summed E-state index contributed by atoms with van der Waals surface area (Å²) >= 11 is 0. The third-order valence-corrected chi connectivity index (χ3v) is 5.91. The molecule has 0 spiro atoms. The fourth-order valence-corrected chi connectivity index (χ4v) is 4.26. The van der Waals surface area contributed by atoms with Crippen LogP contribution in [0.1, 0.15) is 76.1 Å². The van der Waals surface area contributed by atoms with E-state index in [-0.39, 0.29) is 36.7 Å². The van der Waals surface area contributed by atoms with E-state index in [1.807, 2.05) is 6.92 Å². The number of amides is 3. The Bertz CT molecular complexity index is 931. The van der Waals surface area contributed by atoms with Crippen LogP contribution in [0.25, 0.3) is 0 Å². The predicted molar refractivity (Wildman–Crippen MR) is 111 cm³/mol. The first kappa shape index (κ1) is 19.4. The van der Waals surface area contributed by atoms with Crippen molar-refractivity contribution in [1.29, 1.82) is 0 Å². The van der Waals surface area contributed by atoms with E-state index in [2.05, 4.69) is 23.5 Å². The molecule has 0 fully saturated rings. The second-order valence-corrected chi connectivity index (χ2v) is 7.94. The lowest BCUT2D eigenvalue weighted by atomic mass is 9.89. The fraction of sp³-hybridized carbons (Fsp3) is 0.375. The highest BCUT2D eigenvalue weighted by molar-refractivity contribution is 6.21. The average molecular weight is 390 g/mol. The highest BCUT2D eigenvalue weighted by Gasteiger charge is 2.34. The molecule has 2 aliphatic rings. The molecule has 1 aliphatic heterocycles. The van der Waals surface area contributed by atoms with E-state index in [9.17, 15) is 14.4 Å². The van der Waals surface area contributed by atoms with Gasteiger partial charge in [0.1, 0.15) is 0 Å². The molecule has 3 amide bonds. The molecule has 1 aliphatic carbocycles. The molecule has 0 aromatic heterocycles. The molecular formula is C24H26N2O3. The van der Waals surface area contributed by atoms with Gasteiger partial charge in [-0.2, -0.15) is 0 Å². The van der Waals surface area contributed by atoms with E-state index in [4.69, 9.17) is 0 Å². The first-order valence-electron chi connectivity index (χ1n) is 10.4. The number of aryl methyl sites for hydroxylation is 2. The number of carbonyl (C=O) groups excluding carboxylic acids is 3. The second-order valence-electron chi connectivity index (χ2n) is 7.94. The average Bonchev–Trinajstić information content (AvgIpc) is 2.98. The molecule has 0 bridgehead atoms. The SMILES string of the molecule is C[C@H](NC(=O)CCCN1C(=O)c2ccccc2C1=O)c1ccc2c(c1)CCCC2. The molecule has 2 aromatic rings. The van der Waals surface area contributed by atoms with Gasteiger partial charge in [-0.1, -0.05) is 30.3 Å². The van der Waals surface area contributed by atoms with Crippen LogP contribution < -0.4 is 5.32 Å². The Balaban J connectivity index is 1.28. The predicted octanol–water partition coefficient (Wildman–Crippen LogP) is 3.82. The molecule has 5 heteroatoms. The number of benzene rings is 2. The van der Waals surface area contributed by atoms with Crippen molar-refractivity contribution in [3.63, 3.8) is 0 Å². The van der Waals surface area contributed by atoms with Gasteiger partial charge in [0.15, 0.2) is 0 Å². The molecule has 1 atom stereocenters. The van der Waals surface area contributed by atoms with Gasteiger partial charge in [0.05, 0.1) is 17.2 Å². The molecule has 1 heterocycles. The fourth-order valence-electron chi connectivity index (χ4n) is 4.26. The Morgan fingerprint density at radius 3 is 2.34 bits per heavy atom. The third kappa shape index (κ3) is 3.95. The number of hydrogen-bond donors (Lipinski definition) is 1. The van der Waals surface area contributed by atoms with E-state index < -0.39 is 0 Å². The number of imide groups is 1. The molecular weight excluding hydrogens is 364 g/mol. The third-order valence-electron chi connectivity index (χ3n) is 5.91. The Hall–Kier alpha value is -2.95. The zero-order valence-electron chi connectivity index (χ0n) is 16.7. The maximum atomic E-state index is 12.4. The smallest absolute Gasteiger partial charge is 0.261 e. The van der Waals surface area contributed by atoms with Crippen molar-refractivity contribution in [1.82, 2.24) is 10.2 Å². The maximum absolute atomic E-state index is 12.4. The topological polar surface area (TPSA) is 66.5 Å². The van der Waals surface area contributed by atoms with Crippen molar-refractivity contribution < 1.29 is 14.4 Å². The van der Waals surface area contributed by atoms with Gasteiger partial charge in [0, 0.05) is 13.0 Å². The van der Waals surface area contributed by atoms with Crippen molar-refractivity contribution in [3.8, 4) is 0 Å². The largest absolute Gasteiger partial charge is 0.350 e. The number of nitrogens with one attached hydrogen (secondary N) is 1. The van der Waals surface area contributed by atoms with E-state index in [0.717, 1.165) is 18.4 Å². The standard InChI is InChI=1S/C24H26N2O3/c1-16(18-13-12-17-7-2-3-8-19(17)15-18)25-22(27)11-6-14-26-23(28)20-9-4-5-10-21(20)24(26)29/h4-5,9-10,12-13,15-16H,2-3,6-8,11,14H2,1H3,(H,25,27)/t16-/m0/s1. The van der Waals surface area contributed by atoms with Gasteiger partial charge in [0.2, 0.25) is 5.91 Å². The molecule has 2 aromatic carbocycles. The molecule has 0 saturated carbocycles. The number of fused-ring (bicyclic) bond motifs is 2. The van der Waals surface area contributed by atoms with Crippen molar-refractivity contribution in [2.45, 2.75) is 51.5 Å². The molecule has 1 N–H and O–H groups in total. The number of hydrogen-bond acceptors (Lipinski definition) is 3. The minimum Gasteiger partial charge on any atom is -0.350 e. The van der Waals surface area contributed by atoms with Crippen LogP contribution in [0.5, 0.6) is 0 Å². The minimum atomic E-state index is -0.270. The molecule has 0 saturated heterocycles. The summed E-state index contributed by atoms with van der Waals surface area (Å²) in [6.45, 7) is 2.25. The van der Waals surface area contributed by atoms with Crippen LogP contribution >= 0.6 is 0 Å². The number of nitrogens with zero attached hydrogens (tertiary/aromatic N) is 1. The Morgan fingerprint density at radius 1 is 1.00 bits per heavy atom. The summed E-state index contributed by atoms with van der Waals surface area (Å²) < 4.78 is 0.